The van der Waals surface area contributed by atoms with Crippen LogP contribution in [0.5, 0.6) is 0 Å². The molecule has 0 aliphatic carbocycles. The molecule has 70 valence electrons. The van der Waals surface area contributed by atoms with Crippen molar-refractivity contribution in [1.29, 1.82) is 0 Å². The highest BCUT2D eigenvalue weighted by Crippen LogP contribution is 2.21. The van der Waals surface area contributed by atoms with Crippen LogP contribution in [0.1, 0.15) is 12.0 Å². The van der Waals surface area contributed by atoms with E-state index in [4.69, 9.17) is 0 Å². The van der Waals surface area contributed by atoms with Gasteiger partial charge < -0.3 is 4.90 Å². The third kappa shape index (κ3) is 1.82. The summed E-state index contributed by atoms with van der Waals surface area (Å²) in [7, 11) is 0. The van der Waals surface area contributed by atoms with Crippen molar-refractivity contribution in [3.63, 3.8) is 0 Å². The Morgan fingerprint density at radius 3 is 2.54 bits per heavy atom. The molecule has 0 aromatic heterocycles. The van der Waals surface area contributed by atoms with Gasteiger partial charge in [0, 0.05) is 18.8 Å². The first kappa shape index (κ1) is 8.54. The zero-order valence-corrected chi connectivity index (χ0v) is 7.83. The summed E-state index contributed by atoms with van der Waals surface area (Å²) >= 11 is 0. The van der Waals surface area contributed by atoms with Crippen LogP contribution in [0.15, 0.2) is 24.3 Å². The third-order valence-corrected chi connectivity index (χ3v) is 2.53. The minimum Gasteiger partial charge on any atom is -0.369 e. The molecule has 0 radical (unpaired) electrons. The highest BCUT2D eigenvalue weighted by Gasteiger charge is 2.21. The van der Waals surface area contributed by atoms with Crippen LogP contribution in [0.4, 0.5) is 10.1 Å². The number of anilines is 1. The molecule has 1 nitrogen and oxygen atoms in total. The number of nitrogens with zero attached hydrogens (tertiary/aromatic N) is 1. The van der Waals surface area contributed by atoms with E-state index in [1.54, 1.807) is 0 Å². The van der Waals surface area contributed by atoms with Gasteiger partial charge in [-0.15, -0.1) is 0 Å². The minimum atomic E-state index is -0.638. The Labute approximate surface area is 78.2 Å². The van der Waals surface area contributed by atoms with E-state index in [9.17, 15) is 4.39 Å². The lowest BCUT2D eigenvalue weighted by atomic mass is 10.2. The van der Waals surface area contributed by atoms with E-state index in [1.807, 2.05) is 0 Å². The van der Waals surface area contributed by atoms with Gasteiger partial charge in [0.05, 0.1) is 0 Å². The Hall–Kier alpha value is -1.05. The van der Waals surface area contributed by atoms with Crippen molar-refractivity contribution in [3.05, 3.63) is 29.8 Å². The molecule has 1 aromatic rings. The van der Waals surface area contributed by atoms with Crippen LogP contribution >= 0.6 is 0 Å². The molecular weight excluding hydrogens is 165 g/mol. The van der Waals surface area contributed by atoms with Gasteiger partial charge in [0.2, 0.25) is 0 Å². The van der Waals surface area contributed by atoms with Gasteiger partial charge in [-0.2, -0.15) is 0 Å². The molecule has 1 saturated heterocycles. The van der Waals surface area contributed by atoms with Crippen LogP contribution in [0.25, 0.3) is 0 Å². The van der Waals surface area contributed by atoms with Gasteiger partial charge >= 0.3 is 0 Å². The maximum Gasteiger partial charge on any atom is 0.119 e. The summed E-state index contributed by atoms with van der Waals surface area (Å²) in [5.41, 5.74) is 2.39. The molecule has 1 fully saturated rings. The number of hydrogen-bond acceptors (Lipinski definition) is 1. The molecule has 13 heavy (non-hydrogen) atoms. The summed E-state index contributed by atoms with van der Waals surface area (Å²) in [6.45, 7) is 3.47. The minimum absolute atomic E-state index is 0.559. The molecular formula is C11H14FN. The van der Waals surface area contributed by atoms with Gasteiger partial charge in [0.1, 0.15) is 6.17 Å². The summed E-state index contributed by atoms with van der Waals surface area (Å²) < 4.78 is 12.9. The molecule has 2 rings (SSSR count). The Morgan fingerprint density at radius 1 is 1.31 bits per heavy atom. The molecule has 2 heteroatoms. The summed E-state index contributed by atoms with van der Waals surface area (Å²) in [4.78, 5) is 2.10. The molecule has 1 heterocycles. The van der Waals surface area contributed by atoms with Crippen LogP contribution in [-0.4, -0.2) is 19.3 Å². The van der Waals surface area contributed by atoms with E-state index in [0.29, 0.717) is 13.0 Å². The fourth-order valence-corrected chi connectivity index (χ4v) is 1.71. The molecule has 0 saturated carbocycles. The average molecular weight is 179 g/mol. The Morgan fingerprint density at radius 2 is 2.00 bits per heavy atom. The van der Waals surface area contributed by atoms with Crippen molar-refractivity contribution in [2.24, 2.45) is 0 Å². The fourth-order valence-electron chi connectivity index (χ4n) is 1.71. The summed E-state index contributed by atoms with van der Waals surface area (Å²) in [5.74, 6) is 0. The SMILES string of the molecule is Cc1ccc(N2CCC(F)C2)cc1. The van der Waals surface area contributed by atoms with Gasteiger partial charge in [-0.1, -0.05) is 17.7 Å². The third-order valence-electron chi connectivity index (χ3n) is 2.53. The predicted octanol–water partition coefficient (Wildman–Crippen LogP) is 2.54. The Balaban J connectivity index is 2.13. The lowest BCUT2D eigenvalue weighted by Crippen LogP contribution is -2.19. The zero-order chi connectivity index (χ0) is 9.26. The van der Waals surface area contributed by atoms with Crippen molar-refractivity contribution >= 4 is 5.69 Å². The van der Waals surface area contributed by atoms with Crippen LogP contribution < -0.4 is 4.90 Å². The maximum absolute atomic E-state index is 12.9. The topological polar surface area (TPSA) is 3.24 Å². The van der Waals surface area contributed by atoms with E-state index < -0.39 is 6.17 Å². The first-order valence-corrected chi connectivity index (χ1v) is 4.71. The Bertz CT molecular complexity index is 281. The number of halogens is 1. The second-order valence-electron chi connectivity index (χ2n) is 3.67. The first-order valence-electron chi connectivity index (χ1n) is 4.71. The number of alkyl halides is 1. The van der Waals surface area contributed by atoms with Gasteiger partial charge in [0.25, 0.3) is 0 Å². The van der Waals surface area contributed by atoms with Crippen LogP contribution in [0.3, 0.4) is 0 Å². The van der Waals surface area contributed by atoms with Gasteiger partial charge in [-0.3, -0.25) is 0 Å². The fraction of sp³-hybridized carbons (Fsp3) is 0.455. The molecule has 1 unspecified atom stereocenters. The van der Waals surface area contributed by atoms with E-state index in [2.05, 4.69) is 36.1 Å². The summed E-state index contributed by atoms with van der Waals surface area (Å²) in [5, 5.41) is 0. The van der Waals surface area contributed by atoms with Crippen molar-refractivity contribution in [2.75, 3.05) is 18.0 Å². The number of benzene rings is 1. The summed E-state index contributed by atoms with van der Waals surface area (Å²) in [6.07, 6.45) is 0.0368. The maximum atomic E-state index is 12.9. The van der Waals surface area contributed by atoms with E-state index in [-0.39, 0.29) is 0 Å². The summed E-state index contributed by atoms with van der Waals surface area (Å²) in [6, 6.07) is 8.27. The molecule has 0 N–H and O–H groups in total. The number of rotatable bonds is 1. The highest BCUT2D eigenvalue weighted by atomic mass is 19.1. The molecule has 1 aliphatic rings. The quantitative estimate of drug-likeness (QED) is 0.640. The largest absolute Gasteiger partial charge is 0.369 e. The van der Waals surface area contributed by atoms with Crippen molar-refractivity contribution < 1.29 is 4.39 Å². The number of aryl methyl sites for hydroxylation is 1. The molecule has 0 amide bonds. The first-order chi connectivity index (χ1) is 6.25. The Kier molecular flexibility index (Phi) is 2.21. The highest BCUT2D eigenvalue weighted by molar-refractivity contribution is 5.48. The molecule has 1 aromatic carbocycles. The number of hydrogen-bond donors (Lipinski definition) is 0. The monoisotopic (exact) mass is 179 g/mol. The molecule has 1 atom stereocenters. The van der Waals surface area contributed by atoms with E-state index in [0.717, 1.165) is 12.2 Å². The lowest BCUT2D eigenvalue weighted by molar-refractivity contribution is 0.364. The van der Waals surface area contributed by atoms with E-state index in [1.165, 1.54) is 5.56 Å². The van der Waals surface area contributed by atoms with Gasteiger partial charge in [0.15, 0.2) is 0 Å². The molecule has 0 bridgehead atoms. The van der Waals surface area contributed by atoms with Crippen molar-refractivity contribution in [3.8, 4) is 0 Å². The standard InChI is InChI=1S/C11H14FN/c1-9-2-4-11(5-3-9)13-7-6-10(12)8-13/h2-5,10H,6-8H2,1H3. The smallest absolute Gasteiger partial charge is 0.119 e. The molecule has 1 aliphatic heterocycles. The predicted molar refractivity (Wildman–Crippen MR) is 52.9 cm³/mol. The van der Waals surface area contributed by atoms with Gasteiger partial charge in [-0.25, -0.2) is 4.39 Å². The normalized spacial score (nSPS) is 22.3. The van der Waals surface area contributed by atoms with Gasteiger partial charge in [-0.05, 0) is 25.5 Å². The van der Waals surface area contributed by atoms with E-state index >= 15 is 0 Å². The van der Waals surface area contributed by atoms with Crippen LogP contribution in [0, 0.1) is 6.92 Å². The van der Waals surface area contributed by atoms with Crippen molar-refractivity contribution in [1.82, 2.24) is 0 Å². The average Bonchev–Trinajstić information content (AvgIpc) is 2.53. The lowest BCUT2D eigenvalue weighted by Gasteiger charge is -2.17. The molecule has 0 spiro atoms. The second-order valence-corrected chi connectivity index (χ2v) is 3.67. The van der Waals surface area contributed by atoms with Crippen LogP contribution in [0.2, 0.25) is 0 Å². The zero-order valence-electron chi connectivity index (χ0n) is 7.83. The van der Waals surface area contributed by atoms with Crippen LogP contribution in [-0.2, 0) is 0 Å². The second kappa shape index (κ2) is 3.36. The van der Waals surface area contributed by atoms with Crippen molar-refractivity contribution in [2.45, 2.75) is 19.5 Å².